The summed E-state index contributed by atoms with van der Waals surface area (Å²) in [6.07, 6.45) is 1.70. The van der Waals surface area contributed by atoms with Gasteiger partial charge in [-0.15, -0.1) is 0 Å². The molecule has 1 fully saturated rings. The van der Waals surface area contributed by atoms with Crippen molar-refractivity contribution in [3.8, 4) is 0 Å². The molecular formula is C13H17N5O. The van der Waals surface area contributed by atoms with Gasteiger partial charge in [0.2, 0.25) is 5.91 Å². The van der Waals surface area contributed by atoms with Gasteiger partial charge in [-0.2, -0.15) is 0 Å². The van der Waals surface area contributed by atoms with Crippen LogP contribution in [-0.2, 0) is 4.79 Å². The lowest BCUT2D eigenvalue weighted by molar-refractivity contribution is -0.129. The highest BCUT2D eigenvalue weighted by Crippen LogP contribution is 2.25. The Labute approximate surface area is 111 Å². The molecule has 3 rings (SSSR count). The van der Waals surface area contributed by atoms with Gasteiger partial charge in [0.05, 0.1) is 5.52 Å². The number of carbonyl (C=O) groups excluding carboxylic acids is 1. The molecule has 0 aromatic carbocycles. The van der Waals surface area contributed by atoms with Gasteiger partial charge >= 0.3 is 0 Å². The lowest BCUT2D eigenvalue weighted by Crippen LogP contribution is -2.48. The molecule has 3 N–H and O–H groups in total. The molecule has 0 saturated carbocycles. The Balaban J connectivity index is 1.82. The average Bonchev–Trinajstić information content (AvgIpc) is 2.84. The Hall–Kier alpha value is -2.24. The van der Waals surface area contributed by atoms with E-state index >= 15 is 0 Å². The predicted octanol–water partition coefficient (Wildman–Crippen LogP) is 0.814. The maximum atomic E-state index is 11.3. The largest absolute Gasteiger partial charge is 0.383 e. The molecular weight excluding hydrogens is 242 g/mol. The number of aromatic amines is 1. The zero-order valence-electron chi connectivity index (χ0n) is 10.9. The van der Waals surface area contributed by atoms with E-state index < -0.39 is 0 Å². The molecule has 0 radical (unpaired) electrons. The Morgan fingerprint density at radius 3 is 2.74 bits per heavy atom. The Morgan fingerprint density at radius 1 is 1.37 bits per heavy atom. The van der Waals surface area contributed by atoms with Crippen LogP contribution in [0.4, 0.5) is 11.6 Å². The number of aromatic nitrogens is 2. The third kappa shape index (κ3) is 2.09. The molecule has 1 saturated heterocycles. The monoisotopic (exact) mass is 259 g/mol. The summed E-state index contributed by atoms with van der Waals surface area (Å²) in [5.41, 5.74) is 6.86. The number of nitrogens with two attached hydrogens (primary N) is 1. The number of anilines is 2. The van der Waals surface area contributed by atoms with Crippen molar-refractivity contribution < 1.29 is 4.79 Å². The second kappa shape index (κ2) is 4.46. The van der Waals surface area contributed by atoms with Crippen molar-refractivity contribution in [2.45, 2.75) is 6.92 Å². The first-order chi connectivity index (χ1) is 9.15. The van der Waals surface area contributed by atoms with Crippen molar-refractivity contribution in [1.82, 2.24) is 14.9 Å². The number of hydrogen-bond donors (Lipinski definition) is 2. The lowest BCUT2D eigenvalue weighted by Gasteiger charge is -2.34. The van der Waals surface area contributed by atoms with Crippen molar-refractivity contribution in [1.29, 1.82) is 0 Å². The SMILES string of the molecule is CC(=O)N1CCN(c2cc3c(N)nccc3[nH]2)CC1. The van der Waals surface area contributed by atoms with Crippen LogP contribution < -0.4 is 10.6 Å². The van der Waals surface area contributed by atoms with E-state index in [-0.39, 0.29) is 5.91 Å². The van der Waals surface area contributed by atoms with E-state index in [1.807, 2.05) is 17.0 Å². The highest BCUT2D eigenvalue weighted by atomic mass is 16.2. The molecule has 3 heterocycles. The third-order valence-corrected chi connectivity index (χ3v) is 3.63. The molecule has 0 atom stereocenters. The Bertz CT molecular complexity index is 613. The van der Waals surface area contributed by atoms with E-state index in [0.29, 0.717) is 5.82 Å². The summed E-state index contributed by atoms with van der Waals surface area (Å²) in [6.45, 7) is 4.81. The van der Waals surface area contributed by atoms with Gasteiger partial charge < -0.3 is 20.5 Å². The van der Waals surface area contributed by atoms with Crippen LogP contribution >= 0.6 is 0 Å². The third-order valence-electron chi connectivity index (χ3n) is 3.63. The number of amides is 1. The first-order valence-corrected chi connectivity index (χ1v) is 6.39. The van der Waals surface area contributed by atoms with E-state index in [1.54, 1.807) is 13.1 Å². The Morgan fingerprint density at radius 2 is 2.11 bits per heavy atom. The number of pyridine rings is 1. The minimum absolute atomic E-state index is 0.143. The fourth-order valence-electron chi connectivity index (χ4n) is 2.49. The predicted molar refractivity (Wildman–Crippen MR) is 75.0 cm³/mol. The highest BCUT2D eigenvalue weighted by Gasteiger charge is 2.20. The number of nitrogens with zero attached hydrogens (tertiary/aromatic N) is 3. The molecule has 6 heteroatoms. The fraction of sp³-hybridized carbons (Fsp3) is 0.385. The van der Waals surface area contributed by atoms with Gasteiger partial charge in [-0.3, -0.25) is 4.79 Å². The van der Waals surface area contributed by atoms with E-state index in [2.05, 4.69) is 14.9 Å². The van der Waals surface area contributed by atoms with Gasteiger partial charge in [0, 0.05) is 44.7 Å². The number of fused-ring (bicyclic) bond motifs is 1. The summed E-state index contributed by atoms with van der Waals surface area (Å²) in [5.74, 6) is 1.73. The summed E-state index contributed by atoms with van der Waals surface area (Å²) in [6, 6.07) is 3.95. The highest BCUT2D eigenvalue weighted by molar-refractivity contribution is 5.91. The van der Waals surface area contributed by atoms with Crippen LogP contribution in [0.3, 0.4) is 0 Å². The summed E-state index contributed by atoms with van der Waals surface area (Å²) in [4.78, 5) is 22.8. The quantitative estimate of drug-likeness (QED) is 0.794. The van der Waals surface area contributed by atoms with E-state index in [4.69, 9.17) is 5.73 Å². The number of rotatable bonds is 1. The summed E-state index contributed by atoms with van der Waals surface area (Å²) in [5, 5.41) is 0.950. The molecule has 6 nitrogen and oxygen atoms in total. The Kier molecular flexibility index (Phi) is 2.77. The van der Waals surface area contributed by atoms with Gasteiger partial charge in [0.25, 0.3) is 0 Å². The van der Waals surface area contributed by atoms with Gasteiger partial charge in [0.1, 0.15) is 11.6 Å². The zero-order valence-corrected chi connectivity index (χ0v) is 10.9. The first kappa shape index (κ1) is 11.8. The topological polar surface area (TPSA) is 78.2 Å². The van der Waals surface area contributed by atoms with Gasteiger partial charge in [0.15, 0.2) is 0 Å². The van der Waals surface area contributed by atoms with Gasteiger partial charge in [-0.1, -0.05) is 0 Å². The summed E-state index contributed by atoms with van der Waals surface area (Å²) in [7, 11) is 0. The van der Waals surface area contributed by atoms with Crippen LogP contribution in [0.15, 0.2) is 18.3 Å². The second-order valence-corrected chi connectivity index (χ2v) is 4.81. The normalized spacial score (nSPS) is 16.1. The maximum Gasteiger partial charge on any atom is 0.219 e. The van der Waals surface area contributed by atoms with Crippen molar-refractivity contribution >= 4 is 28.4 Å². The van der Waals surface area contributed by atoms with Crippen LogP contribution in [0, 0.1) is 0 Å². The second-order valence-electron chi connectivity index (χ2n) is 4.81. The number of nitrogen functional groups attached to an aromatic ring is 1. The van der Waals surface area contributed by atoms with E-state index in [0.717, 1.165) is 42.9 Å². The van der Waals surface area contributed by atoms with Crippen LogP contribution in [-0.4, -0.2) is 47.0 Å². The van der Waals surface area contributed by atoms with Crippen molar-refractivity contribution in [2.75, 3.05) is 36.8 Å². The number of H-pyrrole nitrogens is 1. The molecule has 0 aliphatic carbocycles. The fourth-order valence-corrected chi connectivity index (χ4v) is 2.49. The van der Waals surface area contributed by atoms with Crippen molar-refractivity contribution in [3.63, 3.8) is 0 Å². The smallest absolute Gasteiger partial charge is 0.219 e. The molecule has 100 valence electrons. The van der Waals surface area contributed by atoms with Gasteiger partial charge in [-0.05, 0) is 12.1 Å². The molecule has 1 amide bonds. The summed E-state index contributed by atoms with van der Waals surface area (Å²) < 4.78 is 0. The maximum absolute atomic E-state index is 11.3. The molecule has 0 spiro atoms. The van der Waals surface area contributed by atoms with Gasteiger partial charge in [-0.25, -0.2) is 4.98 Å². The van der Waals surface area contributed by atoms with Crippen LogP contribution in [0.25, 0.3) is 10.9 Å². The summed E-state index contributed by atoms with van der Waals surface area (Å²) >= 11 is 0. The minimum Gasteiger partial charge on any atom is -0.383 e. The molecule has 1 aliphatic rings. The first-order valence-electron chi connectivity index (χ1n) is 6.39. The number of carbonyl (C=O) groups is 1. The van der Waals surface area contributed by atoms with Crippen molar-refractivity contribution in [2.24, 2.45) is 0 Å². The number of nitrogens with one attached hydrogen (secondary N) is 1. The minimum atomic E-state index is 0.143. The standard InChI is InChI=1S/C13H17N5O/c1-9(19)17-4-6-18(7-5-17)12-8-10-11(16-12)2-3-15-13(10)14/h2-3,8,16H,4-7H2,1H3,(H2,14,15). The van der Waals surface area contributed by atoms with Crippen LogP contribution in [0.2, 0.25) is 0 Å². The molecule has 2 aromatic heterocycles. The molecule has 2 aromatic rings. The lowest BCUT2D eigenvalue weighted by atomic mass is 10.3. The molecule has 0 unspecified atom stereocenters. The average molecular weight is 259 g/mol. The molecule has 19 heavy (non-hydrogen) atoms. The number of hydrogen-bond acceptors (Lipinski definition) is 4. The van der Waals surface area contributed by atoms with Crippen molar-refractivity contribution in [3.05, 3.63) is 18.3 Å². The molecule has 0 bridgehead atoms. The van der Waals surface area contributed by atoms with E-state index in [1.165, 1.54) is 0 Å². The molecule has 1 aliphatic heterocycles. The van der Waals surface area contributed by atoms with E-state index in [9.17, 15) is 4.79 Å². The van der Waals surface area contributed by atoms with Crippen LogP contribution in [0.1, 0.15) is 6.92 Å². The van der Waals surface area contributed by atoms with Crippen LogP contribution in [0.5, 0.6) is 0 Å². The zero-order chi connectivity index (χ0) is 13.4. The number of piperazine rings is 1.